The Morgan fingerprint density at radius 2 is 1.77 bits per heavy atom. The molecule has 5 heteroatoms. The van der Waals surface area contributed by atoms with Crippen LogP contribution in [0.4, 0.5) is 5.69 Å². The molecule has 0 saturated heterocycles. The number of nitrogens with one attached hydrogen (secondary N) is 1. The lowest BCUT2D eigenvalue weighted by atomic mass is 9.71. The lowest BCUT2D eigenvalue weighted by Gasteiger charge is -2.44. The van der Waals surface area contributed by atoms with Crippen LogP contribution >= 0.6 is 15.9 Å². The van der Waals surface area contributed by atoms with Gasteiger partial charge in [-0.15, -0.1) is 0 Å². The van der Waals surface area contributed by atoms with Gasteiger partial charge in [0.2, 0.25) is 0 Å². The van der Waals surface area contributed by atoms with E-state index < -0.39 is 0 Å². The van der Waals surface area contributed by atoms with Crippen LogP contribution in [0.5, 0.6) is 5.75 Å². The van der Waals surface area contributed by atoms with Crippen LogP contribution in [0.15, 0.2) is 86.5 Å². The van der Waals surface area contributed by atoms with Gasteiger partial charge in [-0.25, -0.2) is 4.79 Å². The van der Waals surface area contributed by atoms with Crippen molar-refractivity contribution in [2.45, 2.75) is 12.0 Å². The summed E-state index contributed by atoms with van der Waals surface area (Å²) in [6, 6.07) is 24.1. The number of hydrogen-bond donors (Lipinski definition) is 1. The normalized spacial score (nSPS) is 21.7. The molecule has 0 radical (unpaired) electrons. The van der Waals surface area contributed by atoms with Crippen molar-refractivity contribution in [2.75, 3.05) is 11.9 Å². The molecule has 6 rings (SSSR count). The molecular weight excluding hydrogens is 442 g/mol. The molecule has 1 N–H and O–H groups in total. The number of rotatable bonds is 1. The largest absolute Gasteiger partial charge is 0.493 e. The molecule has 3 heterocycles. The minimum atomic E-state index is -0.328. The molecule has 3 aromatic carbocycles. The van der Waals surface area contributed by atoms with Gasteiger partial charge in [-0.1, -0.05) is 64.5 Å². The summed E-state index contributed by atoms with van der Waals surface area (Å²) in [7, 11) is 0. The van der Waals surface area contributed by atoms with E-state index in [0.717, 1.165) is 26.7 Å². The molecule has 0 spiro atoms. The van der Waals surface area contributed by atoms with E-state index in [1.54, 1.807) is 0 Å². The van der Waals surface area contributed by atoms with Crippen LogP contribution in [0, 0.1) is 5.92 Å². The Hall–Kier alpha value is -3.05. The second-order valence-electron chi connectivity index (χ2n) is 7.84. The zero-order chi connectivity index (χ0) is 20.2. The first-order valence-electron chi connectivity index (χ1n) is 10.00. The third-order valence-electron chi connectivity index (χ3n) is 6.22. The smallest absolute Gasteiger partial charge is 0.360 e. The fraction of sp³-hybridized carbons (Fsp3) is 0.160. The third kappa shape index (κ3) is 2.62. The predicted molar refractivity (Wildman–Crippen MR) is 120 cm³/mol. The monoisotopic (exact) mass is 459 g/mol. The Balaban J connectivity index is 1.66. The molecule has 2 aliphatic heterocycles. The van der Waals surface area contributed by atoms with Gasteiger partial charge in [0, 0.05) is 32.8 Å². The third-order valence-corrected chi connectivity index (χ3v) is 6.71. The van der Waals surface area contributed by atoms with E-state index in [1.165, 1.54) is 5.56 Å². The van der Waals surface area contributed by atoms with Crippen LogP contribution in [0.2, 0.25) is 0 Å². The highest BCUT2D eigenvalue weighted by atomic mass is 79.9. The summed E-state index contributed by atoms with van der Waals surface area (Å²) in [6.45, 7) is 0.569. The second-order valence-corrected chi connectivity index (χ2v) is 8.76. The van der Waals surface area contributed by atoms with Gasteiger partial charge < -0.3 is 14.5 Å². The van der Waals surface area contributed by atoms with Crippen LogP contribution in [0.1, 0.15) is 28.7 Å². The molecule has 0 aliphatic carbocycles. The molecule has 0 fully saturated rings. The predicted octanol–water partition coefficient (Wildman–Crippen LogP) is 5.86. The molecule has 0 amide bonds. The first kappa shape index (κ1) is 17.8. The summed E-state index contributed by atoms with van der Waals surface area (Å²) in [5.74, 6) is 0.993. The lowest BCUT2D eigenvalue weighted by Crippen LogP contribution is -2.40. The molecular formula is C25H18BrNO3. The number of ether oxygens (including phenoxy) is 1. The zero-order valence-electron chi connectivity index (χ0n) is 16.0. The first-order valence-corrected chi connectivity index (χ1v) is 10.8. The molecule has 0 saturated carbocycles. The highest BCUT2D eigenvalue weighted by Gasteiger charge is 2.44. The summed E-state index contributed by atoms with van der Waals surface area (Å²) in [5, 5.41) is 4.50. The standard InChI is InChI=1S/C25H18BrNO3/c26-15-10-11-19-17(12-15)23-18(13-29-19)21(14-6-2-1-3-7-14)22-16-8-4-5-9-20(16)30-25(28)24(22)27-23/h1-12,18,21,23,27H,13H2/t18-,21-,23+/m0/s1. The van der Waals surface area contributed by atoms with Crippen LogP contribution < -0.4 is 15.7 Å². The van der Waals surface area contributed by atoms with Crippen molar-refractivity contribution in [3.05, 3.63) is 104 Å². The van der Waals surface area contributed by atoms with Crippen molar-refractivity contribution in [3.63, 3.8) is 0 Å². The summed E-state index contributed by atoms with van der Waals surface area (Å²) < 4.78 is 12.9. The number of anilines is 1. The average Bonchev–Trinajstić information content (AvgIpc) is 2.78. The van der Waals surface area contributed by atoms with Gasteiger partial charge in [0.05, 0.1) is 12.6 Å². The minimum Gasteiger partial charge on any atom is -0.493 e. The van der Waals surface area contributed by atoms with Crippen molar-refractivity contribution < 1.29 is 9.15 Å². The maximum Gasteiger partial charge on any atom is 0.360 e. The molecule has 30 heavy (non-hydrogen) atoms. The van der Waals surface area contributed by atoms with Gasteiger partial charge in [-0.2, -0.15) is 0 Å². The van der Waals surface area contributed by atoms with E-state index in [-0.39, 0.29) is 23.5 Å². The van der Waals surface area contributed by atoms with Crippen LogP contribution in [0.3, 0.4) is 0 Å². The molecule has 4 aromatic rings. The van der Waals surface area contributed by atoms with Gasteiger partial charge >= 0.3 is 5.63 Å². The first-order chi connectivity index (χ1) is 14.7. The topological polar surface area (TPSA) is 51.5 Å². The molecule has 0 unspecified atom stereocenters. The quantitative estimate of drug-likeness (QED) is 0.362. The van der Waals surface area contributed by atoms with E-state index in [1.807, 2.05) is 54.6 Å². The van der Waals surface area contributed by atoms with Gasteiger partial charge in [-0.3, -0.25) is 0 Å². The fourth-order valence-electron chi connectivity index (χ4n) is 4.96. The maximum absolute atomic E-state index is 13.0. The minimum absolute atomic E-state index is 0.00795. The van der Waals surface area contributed by atoms with Gasteiger partial charge in [-0.05, 0) is 29.8 Å². The van der Waals surface area contributed by atoms with Crippen molar-refractivity contribution in [3.8, 4) is 5.75 Å². The Morgan fingerprint density at radius 3 is 2.63 bits per heavy atom. The van der Waals surface area contributed by atoms with Crippen LogP contribution in [-0.4, -0.2) is 6.61 Å². The highest BCUT2D eigenvalue weighted by molar-refractivity contribution is 9.10. The highest BCUT2D eigenvalue weighted by Crippen LogP contribution is 2.52. The molecule has 0 bridgehead atoms. The van der Waals surface area contributed by atoms with Crippen molar-refractivity contribution in [1.29, 1.82) is 0 Å². The number of para-hydroxylation sites is 1. The number of halogens is 1. The molecule has 4 nitrogen and oxygen atoms in total. The average molecular weight is 460 g/mol. The van der Waals surface area contributed by atoms with E-state index >= 15 is 0 Å². The lowest BCUT2D eigenvalue weighted by molar-refractivity contribution is 0.183. The molecule has 148 valence electrons. The Labute approximate surface area is 181 Å². The summed E-state index contributed by atoms with van der Waals surface area (Å²) in [5.41, 5.74) is 4.06. The number of hydrogen-bond acceptors (Lipinski definition) is 4. The Morgan fingerprint density at radius 1 is 0.967 bits per heavy atom. The maximum atomic E-state index is 13.0. The summed E-state index contributed by atoms with van der Waals surface area (Å²) >= 11 is 3.58. The number of fused-ring (bicyclic) bond motifs is 6. The van der Waals surface area contributed by atoms with Crippen molar-refractivity contribution >= 4 is 32.6 Å². The van der Waals surface area contributed by atoms with Crippen molar-refractivity contribution in [2.24, 2.45) is 5.92 Å². The van der Waals surface area contributed by atoms with Gasteiger partial charge in [0.15, 0.2) is 0 Å². The molecule has 3 atom stereocenters. The van der Waals surface area contributed by atoms with Crippen LogP contribution in [-0.2, 0) is 0 Å². The molecule has 2 aliphatic rings. The zero-order valence-corrected chi connectivity index (χ0v) is 17.6. The van der Waals surface area contributed by atoms with E-state index in [0.29, 0.717) is 17.9 Å². The van der Waals surface area contributed by atoms with E-state index in [2.05, 4.69) is 39.4 Å². The SMILES string of the molecule is O=c1oc2ccccc2c2c1N[C@@H]1c3cc(Br)ccc3OC[C@H]1[C@@H]2c1ccccc1. The molecule has 1 aromatic heterocycles. The Kier molecular flexibility index (Phi) is 4.00. The van der Waals surface area contributed by atoms with E-state index in [4.69, 9.17) is 9.15 Å². The summed E-state index contributed by atoms with van der Waals surface area (Å²) in [4.78, 5) is 13.0. The van der Waals surface area contributed by atoms with Gasteiger partial charge in [0.1, 0.15) is 17.0 Å². The van der Waals surface area contributed by atoms with Gasteiger partial charge in [0.25, 0.3) is 0 Å². The van der Waals surface area contributed by atoms with E-state index in [9.17, 15) is 4.79 Å². The summed E-state index contributed by atoms with van der Waals surface area (Å²) in [6.07, 6.45) is 0. The fourth-order valence-corrected chi connectivity index (χ4v) is 5.34. The number of benzene rings is 3. The van der Waals surface area contributed by atoms with Crippen LogP contribution in [0.25, 0.3) is 11.0 Å². The second kappa shape index (κ2) is 6.74. The van der Waals surface area contributed by atoms with Crippen molar-refractivity contribution in [1.82, 2.24) is 0 Å². The Bertz CT molecular complexity index is 1330.